The molecule has 41 heavy (non-hydrogen) atoms. The summed E-state index contributed by atoms with van der Waals surface area (Å²) in [5.74, 6) is 1.55. The number of hydrogen-bond acceptors (Lipinski definition) is 6. The van der Waals surface area contributed by atoms with E-state index in [2.05, 4.69) is 24.1 Å². The van der Waals surface area contributed by atoms with Gasteiger partial charge < -0.3 is 9.47 Å². The third-order valence-electron chi connectivity index (χ3n) is 8.24. The molecular formula is C33H41N2O5S+. The highest BCUT2D eigenvalue weighted by Gasteiger charge is 2.47. The molecule has 0 aromatic heterocycles. The first-order chi connectivity index (χ1) is 19.7. The van der Waals surface area contributed by atoms with Gasteiger partial charge in [-0.25, -0.2) is 8.42 Å². The van der Waals surface area contributed by atoms with Crippen molar-refractivity contribution in [3.63, 3.8) is 0 Å². The van der Waals surface area contributed by atoms with Crippen LogP contribution in [-0.2, 0) is 21.1 Å². The molecule has 7 nitrogen and oxygen atoms in total. The van der Waals surface area contributed by atoms with Gasteiger partial charge in [-0.15, -0.1) is 0 Å². The normalized spacial score (nSPS) is 21.7. The Bertz CT molecular complexity index is 1510. The van der Waals surface area contributed by atoms with Crippen LogP contribution in [0.3, 0.4) is 0 Å². The van der Waals surface area contributed by atoms with E-state index in [1.807, 2.05) is 50.5 Å². The van der Waals surface area contributed by atoms with Crippen LogP contribution in [0.5, 0.6) is 11.5 Å². The molecule has 2 aromatic rings. The monoisotopic (exact) mass is 577 g/mol. The molecule has 1 aliphatic carbocycles. The van der Waals surface area contributed by atoms with Crippen LogP contribution >= 0.6 is 0 Å². The number of hydroxylamine groups is 3. The predicted octanol–water partition coefficient (Wildman–Crippen LogP) is 6.47. The number of benzene rings is 2. The summed E-state index contributed by atoms with van der Waals surface area (Å²) in [4.78, 5) is 9.58. The molecule has 0 spiro atoms. The first-order valence-corrected chi connectivity index (χ1v) is 15.8. The van der Waals surface area contributed by atoms with Crippen molar-refractivity contribution in [2.24, 2.45) is 5.92 Å². The zero-order valence-electron chi connectivity index (χ0n) is 24.7. The lowest BCUT2D eigenvalue weighted by Gasteiger charge is -2.34. The van der Waals surface area contributed by atoms with E-state index in [0.29, 0.717) is 28.1 Å². The lowest BCUT2D eigenvalue weighted by atomic mass is 9.86. The Morgan fingerprint density at radius 1 is 1.05 bits per heavy atom. The lowest BCUT2D eigenvalue weighted by molar-refractivity contribution is -0.993. The number of ether oxygens (including phenoxy) is 2. The summed E-state index contributed by atoms with van der Waals surface area (Å²) in [5.41, 5.74) is 4.03. The molecule has 0 bridgehead atoms. The fraction of sp³-hybridized carbons (Fsp3) is 0.394. The molecule has 0 radical (unpaired) electrons. The van der Waals surface area contributed by atoms with Gasteiger partial charge >= 0.3 is 0 Å². The van der Waals surface area contributed by atoms with Gasteiger partial charge in [-0.1, -0.05) is 42.8 Å². The SMILES string of the molecule is COc1cc2c(cc1OC)C(N(C)CCCO[N+]13C=CC=CC1=C(S(=O)(=O)c1ccccc1)C(C(C)C)=C3)CCC2. The average molecular weight is 578 g/mol. The summed E-state index contributed by atoms with van der Waals surface area (Å²) >= 11 is 0. The second kappa shape index (κ2) is 12.0. The van der Waals surface area contributed by atoms with E-state index in [4.69, 9.17) is 14.3 Å². The number of nitrogens with zero attached hydrogens (tertiary/aromatic N) is 2. The molecule has 2 unspecified atom stereocenters. The number of methoxy groups -OCH3 is 2. The van der Waals surface area contributed by atoms with Gasteiger partial charge in [0.05, 0.1) is 19.1 Å². The van der Waals surface area contributed by atoms with Crippen molar-refractivity contribution >= 4 is 9.84 Å². The molecule has 0 N–H and O–H groups in total. The van der Waals surface area contributed by atoms with Gasteiger partial charge in [-0.05, 0) is 80.1 Å². The Morgan fingerprint density at radius 2 is 1.78 bits per heavy atom. The number of fused-ring (bicyclic) bond motifs is 2. The molecule has 218 valence electrons. The number of sulfone groups is 1. The van der Waals surface area contributed by atoms with Gasteiger partial charge in [-0.2, -0.15) is 4.84 Å². The van der Waals surface area contributed by atoms with Crippen LogP contribution in [-0.4, -0.2) is 52.4 Å². The standard InChI is InChI=1S/C33H41N2O5S/c1-24(2)28-23-35(19-10-9-17-30(35)33(28)41(36,37)26-14-7-6-8-15-26)40-20-12-18-34(3)29-16-11-13-25-21-31(38-4)32(39-5)22-27(25)29/h6-10,14-15,17,19,21-24,29H,11-13,16,18,20H2,1-5H3/q+1. The Morgan fingerprint density at radius 3 is 2.49 bits per heavy atom. The third kappa shape index (κ3) is 5.54. The first-order valence-electron chi connectivity index (χ1n) is 14.3. The molecule has 2 heterocycles. The van der Waals surface area contributed by atoms with Crippen LogP contribution in [0, 0.1) is 5.92 Å². The molecule has 0 amide bonds. The number of aryl methyl sites for hydroxylation is 1. The highest BCUT2D eigenvalue weighted by molar-refractivity contribution is 7.95. The van der Waals surface area contributed by atoms with Gasteiger partial charge in [0.25, 0.3) is 0 Å². The van der Waals surface area contributed by atoms with Crippen LogP contribution in [0.25, 0.3) is 0 Å². The molecule has 5 rings (SSSR count). The number of rotatable bonds is 11. The van der Waals surface area contributed by atoms with Crippen molar-refractivity contribution in [2.45, 2.75) is 50.5 Å². The van der Waals surface area contributed by atoms with Gasteiger partial charge in [0, 0.05) is 24.2 Å². The summed E-state index contributed by atoms with van der Waals surface area (Å²) in [6.07, 6.45) is 13.6. The van der Waals surface area contributed by atoms with Gasteiger partial charge in [0.2, 0.25) is 9.84 Å². The molecule has 3 aliphatic rings. The topological polar surface area (TPSA) is 65.1 Å². The Hall–Kier alpha value is -3.17. The van der Waals surface area contributed by atoms with Crippen LogP contribution in [0.15, 0.2) is 94.2 Å². The van der Waals surface area contributed by atoms with Crippen molar-refractivity contribution in [2.75, 3.05) is 34.4 Å². The summed E-state index contributed by atoms with van der Waals surface area (Å²) in [6, 6.07) is 13.2. The second-order valence-electron chi connectivity index (χ2n) is 11.2. The highest BCUT2D eigenvalue weighted by Crippen LogP contribution is 2.45. The summed E-state index contributed by atoms with van der Waals surface area (Å²) in [5, 5.41) is 0. The minimum Gasteiger partial charge on any atom is -0.493 e. The lowest BCUT2D eigenvalue weighted by Crippen LogP contribution is -2.36. The fourth-order valence-electron chi connectivity index (χ4n) is 6.10. The molecular weight excluding hydrogens is 536 g/mol. The first kappa shape index (κ1) is 29.3. The molecule has 0 saturated carbocycles. The molecule has 2 aliphatic heterocycles. The molecule has 0 saturated heterocycles. The van der Waals surface area contributed by atoms with Crippen molar-refractivity contribution in [3.8, 4) is 11.5 Å². The maximum atomic E-state index is 13.9. The largest absolute Gasteiger partial charge is 0.493 e. The van der Waals surface area contributed by atoms with Crippen molar-refractivity contribution in [1.82, 2.24) is 4.90 Å². The predicted molar refractivity (Wildman–Crippen MR) is 161 cm³/mol. The molecule has 2 atom stereocenters. The smallest absolute Gasteiger partial charge is 0.213 e. The van der Waals surface area contributed by atoms with Gasteiger partial charge in [0.15, 0.2) is 17.2 Å². The average Bonchev–Trinajstić information content (AvgIpc) is 3.35. The van der Waals surface area contributed by atoms with Crippen molar-refractivity contribution in [1.29, 1.82) is 0 Å². The molecule has 2 aromatic carbocycles. The van der Waals surface area contributed by atoms with Gasteiger partial charge in [-0.3, -0.25) is 4.90 Å². The minimum absolute atomic E-state index is 0.00936. The fourth-order valence-corrected chi connectivity index (χ4v) is 7.94. The minimum atomic E-state index is -3.74. The van der Waals surface area contributed by atoms with E-state index in [-0.39, 0.29) is 10.6 Å². The Kier molecular flexibility index (Phi) is 8.57. The van der Waals surface area contributed by atoms with Crippen LogP contribution < -0.4 is 9.47 Å². The van der Waals surface area contributed by atoms with Crippen molar-refractivity contribution in [3.05, 3.63) is 100 Å². The third-order valence-corrected chi connectivity index (χ3v) is 10.1. The Balaban J connectivity index is 1.34. The van der Waals surface area contributed by atoms with Gasteiger partial charge in [0.1, 0.15) is 23.9 Å². The van der Waals surface area contributed by atoms with E-state index in [0.717, 1.165) is 49.3 Å². The summed E-state index contributed by atoms with van der Waals surface area (Å²) in [7, 11) is 1.78. The maximum Gasteiger partial charge on any atom is 0.213 e. The zero-order chi connectivity index (χ0) is 29.2. The Labute approximate surface area is 244 Å². The number of hydrogen-bond donors (Lipinski definition) is 0. The zero-order valence-corrected chi connectivity index (χ0v) is 25.5. The summed E-state index contributed by atoms with van der Waals surface area (Å²) < 4.78 is 38.8. The molecule has 0 fully saturated rings. The van der Waals surface area contributed by atoms with Crippen LogP contribution in [0.2, 0.25) is 0 Å². The maximum absolute atomic E-state index is 13.9. The van der Waals surface area contributed by atoms with E-state index in [9.17, 15) is 8.42 Å². The quantitative estimate of drug-likeness (QED) is 0.225. The highest BCUT2D eigenvalue weighted by atomic mass is 32.2. The second-order valence-corrected chi connectivity index (χ2v) is 13.0. The number of quaternary nitrogens is 1. The molecule has 8 heteroatoms. The van der Waals surface area contributed by atoms with E-state index < -0.39 is 9.84 Å². The number of allylic oxidation sites excluding steroid dienone is 4. The van der Waals surface area contributed by atoms with Crippen LogP contribution in [0.4, 0.5) is 0 Å². The van der Waals surface area contributed by atoms with E-state index >= 15 is 0 Å². The van der Waals surface area contributed by atoms with Crippen molar-refractivity contribution < 1.29 is 27.4 Å². The van der Waals surface area contributed by atoms with E-state index in [1.165, 1.54) is 11.1 Å². The van der Waals surface area contributed by atoms with E-state index in [1.54, 1.807) is 38.5 Å². The summed E-state index contributed by atoms with van der Waals surface area (Å²) in [6.45, 7) is 5.36. The van der Waals surface area contributed by atoms with Crippen LogP contribution in [0.1, 0.15) is 50.3 Å².